The fourth-order valence-electron chi connectivity index (χ4n) is 3.26. The van der Waals surface area contributed by atoms with E-state index < -0.39 is 0 Å². The van der Waals surface area contributed by atoms with Gasteiger partial charge in [-0.1, -0.05) is 32.0 Å². The Morgan fingerprint density at radius 2 is 1.96 bits per heavy atom. The van der Waals surface area contributed by atoms with E-state index in [4.69, 9.17) is 10.5 Å². The maximum Gasteiger partial charge on any atom is 0.226 e. The van der Waals surface area contributed by atoms with Gasteiger partial charge in [0.2, 0.25) is 11.8 Å². The van der Waals surface area contributed by atoms with Crippen LogP contribution < -0.4 is 15.8 Å². The first-order valence-corrected chi connectivity index (χ1v) is 9.99. The Labute approximate surface area is 162 Å². The van der Waals surface area contributed by atoms with Crippen molar-refractivity contribution < 1.29 is 14.3 Å². The number of nitrogens with one attached hydrogen (secondary N) is 1. The molecule has 1 aromatic carbocycles. The van der Waals surface area contributed by atoms with Crippen LogP contribution in [-0.4, -0.2) is 48.5 Å². The van der Waals surface area contributed by atoms with Gasteiger partial charge in [-0.2, -0.15) is 0 Å². The summed E-state index contributed by atoms with van der Waals surface area (Å²) in [6, 6.07) is 9.47. The average Bonchev–Trinajstić information content (AvgIpc) is 2.72. The van der Waals surface area contributed by atoms with Crippen LogP contribution in [0.5, 0.6) is 5.75 Å². The summed E-state index contributed by atoms with van der Waals surface area (Å²) in [5, 5.41) is 2.99. The number of hydrogen-bond acceptors (Lipinski definition) is 4. The molecule has 1 aliphatic rings. The number of ether oxygens (including phenoxy) is 1. The van der Waals surface area contributed by atoms with Gasteiger partial charge in [0.15, 0.2) is 0 Å². The van der Waals surface area contributed by atoms with Gasteiger partial charge in [-0.25, -0.2) is 0 Å². The summed E-state index contributed by atoms with van der Waals surface area (Å²) in [4.78, 5) is 26.8. The number of likely N-dealkylation sites (tertiary alicyclic amines) is 1. The van der Waals surface area contributed by atoms with Crippen molar-refractivity contribution in [3.63, 3.8) is 0 Å². The van der Waals surface area contributed by atoms with Crippen molar-refractivity contribution in [1.82, 2.24) is 10.2 Å². The summed E-state index contributed by atoms with van der Waals surface area (Å²) in [6.45, 7) is 6.08. The number of para-hydroxylation sites is 1. The topological polar surface area (TPSA) is 84.7 Å². The zero-order valence-corrected chi connectivity index (χ0v) is 16.6. The Bertz CT molecular complexity index is 602. The quantitative estimate of drug-likeness (QED) is 0.694. The number of rotatable bonds is 9. The fourth-order valence-corrected chi connectivity index (χ4v) is 3.26. The highest BCUT2D eigenvalue weighted by Crippen LogP contribution is 2.18. The number of nitrogens with zero attached hydrogens (tertiary/aromatic N) is 1. The van der Waals surface area contributed by atoms with Gasteiger partial charge in [-0.15, -0.1) is 0 Å². The lowest BCUT2D eigenvalue weighted by molar-refractivity contribution is -0.136. The highest BCUT2D eigenvalue weighted by Gasteiger charge is 2.29. The van der Waals surface area contributed by atoms with E-state index in [1.54, 1.807) is 4.90 Å². The molecule has 2 rings (SSSR count). The van der Waals surface area contributed by atoms with Gasteiger partial charge in [-0.05, 0) is 37.8 Å². The third-order valence-electron chi connectivity index (χ3n) is 5.50. The predicted molar refractivity (Wildman–Crippen MR) is 106 cm³/mol. The predicted octanol–water partition coefficient (Wildman–Crippen LogP) is 2.33. The molecular weight excluding hydrogens is 342 g/mol. The molecule has 0 saturated carbocycles. The molecule has 1 saturated heterocycles. The second-order valence-corrected chi connectivity index (χ2v) is 7.38. The van der Waals surface area contributed by atoms with Crippen molar-refractivity contribution in [2.45, 2.75) is 51.5 Å². The van der Waals surface area contributed by atoms with Crippen LogP contribution in [0.15, 0.2) is 30.3 Å². The number of benzene rings is 1. The first-order chi connectivity index (χ1) is 13.0. The molecule has 3 N–H and O–H groups in total. The summed E-state index contributed by atoms with van der Waals surface area (Å²) < 4.78 is 5.60. The molecule has 0 aromatic heterocycles. The van der Waals surface area contributed by atoms with Crippen LogP contribution >= 0.6 is 0 Å². The molecule has 0 spiro atoms. The van der Waals surface area contributed by atoms with Gasteiger partial charge in [-0.3, -0.25) is 9.59 Å². The number of amides is 2. The van der Waals surface area contributed by atoms with Crippen molar-refractivity contribution >= 4 is 11.8 Å². The average molecular weight is 376 g/mol. The Hall–Kier alpha value is -2.08. The monoisotopic (exact) mass is 375 g/mol. The van der Waals surface area contributed by atoms with Gasteiger partial charge in [0.1, 0.15) is 5.75 Å². The first kappa shape index (κ1) is 21.2. The molecular formula is C21H33N3O3. The molecule has 1 fully saturated rings. The molecule has 6 nitrogen and oxygen atoms in total. The molecule has 1 heterocycles. The smallest absolute Gasteiger partial charge is 0.226 e. The summed E-state index contributed by atoms with van der Waals surface area (Å²) in [5.41, 5.74) is 5.91. The van der Waals surface area contributed by atoms with E-state index in [-0.39, 0.29) is 23.3 Å². The Morgan fingerprint density at radius 3 is 2.63 bits per heavy atom. The zero-order chi connectivity index (χ0) is 19.7. The molecule has 1 aliphatic heterocycles. The van der Waals surface area contributed by atoms with Gasteiger partial charge in [0.25, 0.3) is 0 Å². The van der Waals surface area contributed by atoms with Crippen molar-refractivity contribution in [1.29, 1.82) is 0 Å². The van der Waals surface area contributed by atoms with Gasteiger partial charge < -0.3 is 20.7 Å². The lowest BCUT2D eigenvalue weighted by Gasteiger charge is -2.33. The third kappa shape index (κ3) is 6.54. The van der Waals surface area contributed by atoms with Crippen LogP contribution in [0.3, 0.4) is 0 Å². The van der Waals surface area contributed by atoms with Crippen LogP contribution in [0.2, 0.25) is 0 Å². The number of piperidine rings is 1. The number of nitrogens with two attached hydrogens (primary N) is 1. The summed E-state index contributed by atoms with van der Waals surface area (Å²) >= 11 is 0. The van der Waals surface area contributed by atoms with E-state index in [1.165, 1.54) is 0 Å². The van der Waals surface area contributed by atoms with Crippen LogP contribution in [0, 0.1) is 5.92 Å². The number of carbonyl (C=O) groups excluding carboxylic acids is 2. The van der Waals surface area contributed by atoms with E-state index in [0.717, 1.165) is 31.4 Å². The highest BCUT2D eigenvalue weighted by molar-refractivity contribution is 5.81. The van der Waals surface area contributed by atoms with E-state index in [9.17, 15) is 9.59 Å². The van der Waals surface area contributed by atoms with Crippen LogP contribution in [-0.2, 0) is 9.59 Å². The number of carbonyl (C=O) groups is 2. The van der Waals surface area contributed by atoms with Gasteiger partial charge in [0, 0.05) is 25.2 Å². The fraction of sp³-hybridized carbons (Fsp3) is 0.619. The molecule has 6 heteroatoms. The highest BCUT2D eigenvalue weighted by atomic mass is 16.5. The van der Waals surface area contributed by atoms with Gasteiger partial charge in [0.05, 0.1) is 18.9 Å². The molecule has 27 heavy (non-hydrogen) atoms. The molecule has 1 atom stereocenters. The minimum Gasteiger partial charge on any atom is -0.493 e. The lowest BCUT2D eigenvalue weighted by atomic mass is 9.93. The zero-order valence-electron chi connectivity index (χ0n) is 16.6. The van der Waals surface area contributed by atoms with E-state index >= 15 is 0 Å². The maximum absolute atomic E-state index is 12.5. The second kappa shape index (κ2) is 10.3. The molecule has 1 aromatic rings. The van der Waals surface area contributed by atoms with E-state index in [0.29, 0.717) is 32.7 Å². The Balaban J connectivity index is 1.77. The minimum absolute atomic E-state index is 0.00441. The van der Waals surface area contributed by atoms with Gasteiger partial charge >= 0.3 is 0 Å². The largest absolute Gasteiger partial charge is 0.493 e. The summed E-state index contributed by atoms with van der Waals surface area (Å²) in [5.74, 6) is 0.650. The molecule has 150 valence electrons. The number of hydrogen-bond donors (Lipinski definition) is 2. The SMILES string of the molecule is CCC(N)(CC)CNC(=O)C1CCCN(C(=O)CCOc2ccccc2)C1. The third-order valence-corrected chi connectivity index (χ3v) is 5.50. The van der Waals surface area contributed by atoms with E-state index in [2.05, 4.69) is 5.32 Å². The van der Waals surface area contributed by atoms with Crippen LogP contribution in [0.25, 0.3) is 0 Å². The van der Waals surface area contributed by atoms with Crippen LogP contribution in [0.1, 0.15) is 46.0 Å². The van der Waals surface area contributed by atoms with Crippen molar-refractivity contribution in [2.24, 2.45) is 11.7 Å². The summed E-state index contributed by atoms with van der Waals surface area (Å²) in [7, 11) is 0. The summed E-state index contributed by atoms with van der Waals surface area (Å²) in [6.07, 6.45) is 3.62. The van der Waals surface area contributed by atoms with Crippen molar-refractivity contribution in [3.8, 4) is 5.75 Å². The van der Waals surface area contributed by atoms with Crippen molar-refractivity contribution in [3.05, 3.63) is 30.3 Å². The molecule has 0 bridgehead atoms. The molecule has 0 radical (unpaired) electrons. The Kier molecular flexibility index (Phi) is 8.10. The van der Waals surface area contributed by atoms with E-state index in [1.807, 2.05) is 44.2 Å². The molecule has 1 unspecified atom stereocenters. The second-order valence-electron chi connectivity index (χ2n) is 7.38. The lowest BCUT2D eigenvalue weighted by Crippen LogP contribution is -2.52. The normalized spacial score (nSPS) is 17.4. The van der Waals surface area contributed by atoms with Crippen LogP contribution in [0.4, 0.5) is 0 Å². The standard InChI is InChI=1S/C21H33N3O3/c1-3-21(22,4-2)16-23-20(26)17-9-8-13-24(15-17)19(25)12-14-27-18-10-6-5-7-11-18/h5-7,10-11,17H,3-4,8-9,12-16,22H2,1-2H3,(H,23,26). The minimum atomic E-state index is -0.353. The maximum atomic E-state index is 12.5. The first-order valence-electron chi connectivity index (χ1n) is 9.99. The Morgan fingerprint density at radius 1 is 1.26 bits per heavy atom. The van der Waals surface area contributed by atoms with Crippen molar-refractivity contribution in [2.75, 3.05) is 26.2 Å². The molecule has 0 aliphatic carbocycles. The molecule has 2 amide bonds.